The van der Waals surface area contributed by atoms with Crippen LogP contribution in [-0.4, -0.2) is 108 Å². The molecule has 1 aliphatic rings. The highest BCUT2D eigenvalue weighted by Gasteiger charge is 2.34. The third kappa shape index (κ3) is 8.37. The first kappa shape index (κ1) is 34.3. The summed E-state index contributed by atoms with van der Waals surface area (Å²) in [5, 5.41) is 12.0. The molecule has 3 N–H and O–H groups in total. The Labute approximate surface area is 268 Å². The van der Waals surface area contributed by atoms with Crippen molar-refractivity contribution in [3.05, 3.63) is 71.2 Å². The molecule has 0 saturated carbocycles. The smallest absolute Gasteiger partial charge is 0.287 e. The van der Waals surface area contributed by atoms with E-state index in [1.807, 2.05) is 33.0 Å². The van der Waals surface area contributed by atoms with E-state index in [1.54, 1.807) is 36.1 Å². The SMILES string of the molecule is CCn1nccc1C(=O)N[C@@H](C)C(=O)Nc1ccc([C@H](C)[C@@H](NC(=O)c2ccc(CN(C)C)o2)C(=O)N2CCN(C)CC2)cc1F. The summed E-state index contributed by atoms with van der Waals surface area (Å²) in [4.78, 5) is 58.2. The number of hydrogen-bond donors (Lipinski definition) is 3. The lowest BCUT2D eigenvalue weighted by Crippen LogP contribution is -2.55. The van der Waals surface area contributed by atoms with E-state index in [2.05, 4.69) is 25.9 Å². The normalized spacial score (nSPS) is 15.7. The van der Waals surface area contributed by atoms with Gasteiger partial charge < -0.3 is 35.1 Å². The number of aromatic nitrogens is 2. The molecule has 3 aromatic rings. The van der Waals surface area contributed by atoms with Gasteiger partial charge in [0.05, 0.1) is 12.2 Å². The summed E-state index contributed by atoms with van der Waals surface area (Å²) in [5.74, 6) is -2.60. The molecular formula is C32H43FN8O5. The first-order valence-electron chi connectivity index (χ1n) is 15.3. The number of nitrogens with zero attached hydrogens (tertiary/aromatic N) is 5. The number of nitrogens with one attached hydrogen (secondary N) is 3. The van der Waals surface area contributed by atoms with Gasteiger partial charge in [0, 0.05) is 44.8 Å². The Balaban J connectivity index is 1.48. The van der Waals surface area contributed by atoms with E-state index in [0.717, 1.165) is 0 Å². The molecule has 4 rings (SSSR count). The molecule has 0 bridgehead atoms. The number of amides is 4. The molecule has 0 radical (unpaired) electrons. The highest BCUT2D eigenvalue weighted by Crippen LogP contribution is 2.26. The van der Waals surface area contributed by atoms with Gasteiger partial charge in [0.2, 0.25) is 11.8 Å². The molecule has 46 heavy (non-hydrogen) atoms. The summed E-state index contributed by atoms with van der Waals surface area (Å²) < 4.78 is 22.6. The van der Waals surface area contributed by atoms with Crippen LogP contribution in [0.5, 0.6) is 0 Å². The van der Waals surface area contributed by atoms with E-state index >= 15 is 4.39 Å². The minimum atomic E-state index is -1.01. The lowest BCUT2D eigenvalue weighted by Gasteiger charge is -2.36. The maximum Gasteiger partial charge on any atom is 0.287 e. The van der Waals surface area contributed by atoms with Crippen molar-refractivity contribution in [2.75, 3.05) is 52.6 Å². The summed E-state index contributed by atoms with van der Waals surface area (Å²) in [5.41, 5.74) is 0.668. The van der Waals surface area contributed by atoms with Gasteiger partial charge in [0.1, 0.15) is 29.4 Å². The molecule has 0 spiro atoms. The lowest BCUT2D eigenvalue weighted by atomic mass is 9.91. The van der Waals surface area contributed by atoms with Crippen molar-refractivity contribution < 1.29 is 28.0 Å². The Morgan fingerprint density at radius 2 is 1.72 bits per heavy atom. The average Bonchev–Trinajstić information content (AvgIpc) is 3.70. The van der Waals surface area contributed by atoms with E-state index in [-0.39, 0.29) is 17.4 Å². The number of hydrogen-bond acceptors (Lipinski definition) is 8. The van der Waals surface area contributed by atoms with Gasteiger partial charge in [-0.15, -0.1) is 0 Å². The van der Waals surface area contributed by atoms with Gasteiger partial charge >= 0.3 is 0 Å². The Bertz CT molecular complexity index is 1540. The van der Waals surface area contributed by atoms with Crippen molar-refractivity contribution in [1.29, 1.82) is 0 Å². The summed E-state index contributed by atoms with van der Waals surface area (Å²) in [6.07, 6.45) is 1.49. The van der Waals surface area contributed by atoms with Crippen molar-refractivity contribution in [2.24, 2.45) is 0 Å². The van der Waals surface area contributed by atoms with Crippen molar-refractivity contribution in [2.45, 2.75) is 51.9 Å². The second-order valence-corrected chi connectivity index (χ2v) is 11.8. The lowest BCUT2D eigenvalue weighted by molar-refractivity contribution is -0.135. The summed E-state index contributed by atoms with van der Waals surface area (Å²) >= 11 is 0. The third-order valence-electron chi connectivity index (χ3n) is 7.99. The number of furan rings is 1. The van der Waals surface area contributed by atoms with Crippen LogP contribution in [0.4, 0.5) is 10.1 Å². The number of carbonyl (C=O) groups excluding carboxylic acids is 4. The molecule has 2 aromatic heterocycles. The van der Waals surface area contributed by atoms with Crippen LogP contribution in [0.3, 0.4) is 0 Å². The highest BCUT2D eigenvalue weighted by atomic mass is 19.1. The number of rotatable bonds is 12. The topological polar surface area (TPSA) is 145 Å². The van der Waals surface area contributed by atoms with Crippen molar-refractivity contribution in [3.63, 3.8) is 0 Å². The molecule has 13 nitrogen and oxygen atoms in total. The van der Waals surface area contributed by atoms with Crippen LogP contribution in [0.1, 0.15) is 59.1 Å². The van der Waals surface area contributed by atoms with Gasteiger partial charge in [0.25, 0.3) is 11.8 Å². The van der Waals surface area contributed by atoms with Gasteiger partial charge in [0.15, 0.2) is 5.76 Å². The van der Waals surface area contributed by atoms with Gasteiger partial charge in [-0.25, -0.2) is 4.39 Å². The predicted octanol–water partition coefficient (Wildman–Crippen LogP) is 2.13. The molecule has 4 amide bonds. The van der Waals surface area contributed by atoms with Gasteiger partial charge in [-0.3, -0.25) is 23.9 Å². The van der Waals surface area contributed by atoms with E-state index in [1.165, 1.54) is 29.9 Å². The number of halogens is 1. The number of anilines is 1. The van der Waals surface area contributed by atoms with Crippen LogP contribution < -0.4 is 16.0 Å². The van der Waals surface area contributed by atoms with Crippen LogP contribution in [0, 0.1) is 5.82 Å². The molecule has 14 heteroatoms. The highest BCUT2D eigenvalue weighted by molar-refractivity contribution is 6.00. The zero-order valence-electron chi connectivity index (χ0n) is 27.2. The minimum absolute atomic E-state index is 0.0739. The monoisotopic (exact) mass is 638 g/mol. The summed E-state index contributed by atoms with van der Waals surface area (Å²) in [6, 6.07) is 7.09. The first-order chi connectivity index (χ1) is 21.9. The quantitative estimate of drug-likeness (QED) is 0.274. The fourth-order valence-electron chi connectivity index (χ4n) is 5.20. The fraction of sp³-hybridized carbons (Fsp3) is 0.469. The van der Waals surface area contributed by atoms with Crippen molar-refractivity contribution in [1.82, 2.24) is 35.1 Å². The Morgan fingerprint density at radius 3 is 2.37 bits per heavy atom. The standard InChI is InChI=1S/C32H43FN8O5/c1-7-41-26(12-13-34-41)30(43)35-21(3)29(42)36-25-10-8-22(18-24(25)33)20(2)28(32(45)40-16-14-39(6)15-17-40)37-31(44)27-11-9-23(46-27)19-38(4)5/h8-13,18,20-21,28H,7,14-17,19H2,1-6H3,(H,35,43)(H,36,42)(H,37,44)/t20-,21-,28+/m0/s1. The number of carbonyl (C=O) groups is 4. The van der Waals surface area contributed by atoms with Gasteiger partial charge in [-0.2, -0.15) is 5.10 Å². The van der Waals surface area contributed by atoms with Crippen molar-refractivity contribution >= 4 is 29.3 Å². The maximum atomic E-state index is 15.4. The van der Waals surface area contributed by atoms with E-state index in [0.29, 0.717) is 56.3 Å². The van der Waals surface area contributed by atoms with E-state index in [9.17, 15) is 19.2 Å². The minimum Gasteiger partial charge on any atom is -0.455 e. The van der Waals surface area contributed by atoms with Crippen LogP contribution in [0.15, 0.2) is 47.0 Å². The summed E-state index contributed by atoms with van der Waals surface area (Å²) in [6.45, 7) is 8.44. The first-order valence-corrected chi connectivity index (χ1v) is 15.3. The molecule has 3 atom stereocenters. The molecule has 1 saturated heterocycles. The van der Waals surface area contributed by atoms with Crippen LogP contribution >= 0.6 is 0 Å². The number of likely N-dealkylation sites (N-methyl/N-ethyl adjacent to an activating group) is 1. The van der Waals surface area contributed by atoms with Crippen LogP contribution in [0.25, 0.3) is 0 Å². The molecule has 0 unspecified atom stereocenters. The largest absolute Gasteiger partial charge is 0.455 e. The fourth-order valence-corrected chi connectivity index (χ4v) is 5.20. The molecule has 0 aliphatic carbocycles. The average molecular weight is 639 g/mol. The van der Waals surface area contributed by atoms with E-state index < -0.39 is 41.5 Å². The molecular weight excluding hydrogens is 595 g/mol. The Kier molecular flexibility index (Phi) is 11.3. The van der Waals surface area contributed by atoms with Crippen LogP contribution in [0.2, 0.25) is 0 Å². The molecule has 1 fully saturated rings. The number of aryl methyl sites for hydroxylation is 1. The Hall–Kier alpha value is -4.56. The molecule has 1 aliphatic heterocycles. The second kappa shape index (κ2) is 15.1. The molecule has 1 aromatic carbocycles. The number of piperazine rings is 1. The Morgan fingerprint density at radius 1 is 1.00 bits per heavy atom. The molecule has 3 heterocycles. The third-order valence-corrected chi connectivity index (χ3v) is 7.99. The van der Waals surface area contributed by atoms with Crippen LogP contribution in [-0.2, 0) is 22.7 Å². The van der Waals surface area contributed by atoms with E-state index in [4.69, 9.17) is 4.42 Å². The molecule has 248 valence electrons. The number of benzene rings is 1. The summed E-state index contributed by atoms with van der Waals surface area (Å²) in [7, 11) is 5.74. The zero-order valence-corrected chi connectivity index (χ0v) is 27.2. The van der Waals surface area contributed by atoms with Crippen molar-refractivity contribution in [3.8, 4) is 0 Å². The van der Waals surface area contributed by atoms with Gasteiger partial charge in [-0.05, 0) is 70.9 Å². The predicted molar refractivity (Wildman–Crippen MR) is 170 cm³/mol. The maximum absolute atomic E-state index is 15.4. The van der Waals surface area contributed by atoms with Gasteiger partial charge in [-0.1, -0.05) is 13.0 Å². The zero-order chi connectivity index (χ0) is 33.5. The second-order valence-electron chi connectivity index (χ2n) is 11.8.